The molecule has 1 unspecified atom stereocenters. The summed E-state index contributed by atoms with van der Waals surface area (Å²) < 4.78 is 31.0. The summed E-state index contributed by atoms with van der Waals surface area (Å²) in [5.41, 5.74) is 0. The molecule has 0 fully saturated rings. The van der Waals surface area contributed by atoms with Crippen molar-refractivity contribution < 1.29 is 18.6 Å². The van der Waals surface area contributed by atoms with E-state index in [0.717, 1.165) is 18.2 Å². The van der Waals surface area contributed by atoms with Crippen molar-refractivity contribution in [3.05, 3.63) is 29.8 Å². The van der Waals surface area contributed by atoms with Gasteiger partial charge >= 0.3 is 0 Å². The van der Waals surface area contributed by atoms with Crippen LogP contribution in [0.5, 0.6) is 5.75 Å². The number of likely N-dealkylation sites (N-methyl/N-ethyl adjacent to an activating group) is 1. The summed E-state index contributed by atoms with van der Waals surface area (Å²) in [5.74, 6) is -1.23. The first-order chi connectivity index (χ1) is 7.67. The molecule has 0 saturated heterocycles. The molecule has 90 valence electrons. The fourth-order valence-electron chi connectivity index (χ4n) is 1.23. The van der Waals surface area contributed by atoms with Crippen LogP contribution >= 0.6 is 0 Å². The maximum absolute atomic E-state index is 13.1. The molecule has 0 aromatic heterocycles. The lowest BCUT2D eigenvalue weighted by Crippen LogP contribution is -2.30. The van der Waals surface area contributed by atoms with Crippen LogP contribution in [-0.2, 0) is 0 Å². The van der Waals surface area contributed by atoms with E-state index < -0.39 is 11.6 Å². The van der Waals surface area contributed by atoms with Gasteiger partial charge in [-0.3, -0.25) is 0 Å². The third-order valence-corrected chi connectivity index (χ3v) is 2.25. The quantitative estimate of drug-likeness (QED) is 0.775. The van der Waals surface area contributed by atoms with Gasteiger partial charge in [-0.1, -0.05) is 0 Å². The monoisotopic (exact) mass is 231 g/mol. The van der Waals surface area contributed by atoms with Gasteiger partial charge in [-0.15, -0.1) is 0 Å². The minimum Gasteiger partial charge on any atom is -0.490 e. The normalized spacial score (nSPS) is 12.5. The molecule has 0 aliphatic heterocycles. The summed E-state index contributed by atoms with van der Waals surface area (Å²) in [5, 5.41) is 11.7. The lowest BCUT2D eigenvalue weighted by Gasteiger charge is -2.13. The number of benzene rings is 1. The fraction of sp³-hybridized carbons (Fsp3) is 0.455. The number of nitrogens with one attached hydrogen (secondary N) is 1. The number of aliphatic hydroxyl groups is 1. The highest BCUT2D eigenvalue weighted by Crippen LogP contribution is 2.18. The molecule has 0 bridgehead atoms. The van der Waals surface area contributed by atoms with E-state index in [2.05, 4.69) is 5.32 Å². The van der Waals surface area contributed by atoms with E-state index >= 15 is 0 Å². The second-order valence-corrected chi connectivity index (χ2v) is 3.38. The molecular weight excluding hydrogens is 216 g/mol. The third kappa shape index (κ3) is 3.75. The van der Waals surface area contributed by atoms with E-state index in [4.69, 9.17) is 9.84 Å². The summed E-state index contributed by atoms with van der Waals surface area (Å²) in [6.07, 6.45) is 0.517. The molecule has 1 rings (SSSR count). The topological polar surface area (TPSA) is 41.5 Å². The van der Waals surface area contributed by atoms with Crippen LogP contribution in [0.15, 0.2) is 18.2 Å². The molecule has 1 aromatic rings. The van der Waals surface area contributed by atoms with E-state index in [9.17, 15) is 8.78 Å². The maximum atomic E-state index is 13.1. The Kier molecular flexibility index (Phi) is 5.14. The van der Waals surface area contributed by atoms with Crippen molar-refractivity contribution in [3.63, 3.8) is 0 Å². The van der Waals surface area contributed by atoms with Crippen molar-refractivity contribution in [2.45, 2.75) is 12.5 Å². The number of halogens is 2. The average molecular weight is 231 g/mol. The van der Waals surface area contributed by atoms with Crippen molar-refractivity contribution in [3.8, 4) is 5.75 Å². The standard InChI is InChI=1S/C11H15F2NO2/c1-14-9(7-15)4-5-16-11-6-8(12)2-3-10(11)13/h2-3,6,9,14-15H,4-5,7H2,1H3. The zero-order valence-electron chi connectivity index (χ0n) is 9.04. The van der Waals surface area contributed by atoms with Gasteiger partial charge in [0.05, 0.1) is 13.2 Å². The minimum absolute atomic E-state index is 0.0223. The summed E-state index contributed by atoms with van der Waals surface area (Å²) in [4.78, 5) is 0. The molecule has 2 N–H and O–H groups in total. The number of rotatable bonds is 6. The van der Waals surface area contributed by atoms with Crippen LogP contribution in [0.1, 0.15) is 6.42 Å². The van der Waals surface area contributed by atoms with E-state index in [0.29, 0.717) is 6.42 Å². The van der Waals surface area contributed by atoms with E-state index in [1.165, 1.54) is 0 Å². The number of aliphatic hydroxyl groups excluding tert-OH is 1. The van der Waals surface area contributed by atoms with Gasteiger partial charge in [0.25, 0.3) is 0 Å². The number of hydrogen-bond donors (Lipinski definition) is 2. The van der Waals surface area contributed by atoms with Gasteiger partial charge in [0.1, 0.15) is 5.82 Å². The predicted octanol–water partition coefficient (Wildman–Crippen LogP) is 1.31. The summed E-state index contributed by atoms with van der Waals surface area (Å²) >= 11 is 0. The van der Waals surface area contributed by atoms with Gasteiger partial charge in [0.2, 0.25) is 0 Å². The van der Waals surface area contributed by atoms with Crippen LogP contribution in [0.2, 0.25) is 0 Å². The first kappa shape index (κ1) is 12.9. The Morgan fingerprint density at radius 2 is 2.19 bits per heavy atom. The molecule has 1 aromatic carbocycles. The van der Waals surface area contributed by atoms with E-state index in [-0.39, 0.29) is 25.0 Å². The van der Waals surface area contributed by atoms with Gasteiger partial charge in [0.15, 0.2) is 11.6 Å². The van der Waals surface area contributed by atoms with Gasteiger partial charge in [-0.25, -0.2) is 8.78 Å². The van der Waals surface area contributed by atoms with Crippen molar-refractivity contribution in [1.29, 1.82) is 0 Å². The Bertz CT molecular complexity index is 330. The molecule has 0 amide bonds. The first-order valence-corrected chi connectivity index (χ1v) is 5.03. The van der Waals surface area contributed by atoms with Gasteiger partial charge in [-0.05, 0) is 25.6 Å². The average Bonchev–Trinajstić information content (AvgIpc) is 2.29. The smallest absolute Gasteiger partial charge is 0.165 e. The van der Waals surface area contributed by atoms with E-state index in [1.54, 1.807) is 7.05 Å². The molecule has 0 radical (unpaired) electrons. The lowest BCUT2D eigenvalue weighted by atomic mass is 10.2. The van der Waals surface area contributed by atoms with Crippen molar-refractivity contribution >= 4 is 0 Å². The third-order valence-electron chi connectivity index (χ3n) is 2.25. The minimum atomic E-state index is -0.591. The maximum Gasteiger partial charge on any atom is 0.165 e. The number of hydrogen-bond acceptors (Lipinski definition) is 3. The molecule has 0 saturated carbocycles. The number of ether oxygens (including phenoxy) is 1. The SMILES string of the molecule is CNC(CO)CCOc1cc(F)ccc1F. The highest BCUT2D eigenvalue weighted by Gasteiger charge is 2.07. The Balaban J connectivity index is 2.45. The van der Waals surface area contributed by atoms with Crippen molar-refractivity contribution in [1.82, 2.24) is 5.32 Å². The van der Waals surface area contributed by atoms with Crippen molar-refractivity contribution in [2.24, 2.45) is 0 Å². The Hall–Kier alpha value is -1.20. The first-order valence-electron chi connectivity index (χ1n) is 5.03. The summed E-state index contributed by atoms with van der Waals surface area (Å²) in [6.45, 7) is 0.192. The van der Waals surface area contributed by atoms with E-state index in [1.807, 2.05) is 0 Å². The van der Waals surface area contributed by atoms with Crippen LogP contribution in [0, 0.1) is 11.6 Å². The fourth-order valence-corrected chi connectivity index (χ4v) is 1.23. The van der Waals surface area contributed by atoms with Gasteiger partial charge < -0.3 is 15.2 Å². The Labute approximate surface area is 93.0 Å². The summed E-state index contributed by atoms with van der Waals surface area (Å²) in [7, 11) is 1.71. The molecule has 3 nitrogen and oxygen atoms in total. The van der Waals surface area contributed by atoms with Crippen LogP contribution < -0.4 is 10.1 Å². The van der Waals surface area contributed by atoms with Gasteiger partial charge in [0, 0.05) is 12.1 Å². The molecular formula is C11H15F2NO2. The van der Waals surface area contributed by atoms with Crippen LogP contribution in [-0.4, -0.2) is 31.4 Å². The molecule has 1 atom stereocenters. The molecule has 5 heteroatoms. The highest BCUT2D eigenvalue weighted by atomic mass is 19.1. The zero-order chi connectivity index (χ0) is 12.0. The predicted molar refractivity (Wildman–Crippen MR) is 56.4 cm³/mol. The molecule has 16 heavy (non-hydrogen) atoms. The zero-order valence-corrected chi connectivity index (χ0v) is 9.04. The van der Waals surface area contributed by atoms with Crippen LogP contribution in [0.25, 0.3) is 0 Å². The molecule has 0 aliphatic rings. The second kappa shape index (κ2) is 6.40. The largest absolute Gasteiger partial charge is 0.490 e. The second-order valence-electron chi connectivity index (χ2n) is 3.38. The van der Waals surface area contributed by atoms with Crippen molar-refractivity contribution in [2.75, 3.05) is 20.3 Å². The highest BCUT2D eigenvalue weighted by molar-refractivity contribution is 5.24. The van der Waals surface area contributed by atoms with Crippen LogP contribution in [0.3, 0.4) is 0 Å². The Morgan fingerprint density at radius 3 is 2.81 bits per heavy atom. The Morgan fingerprint density at radius 1 is 1.44 bits per heavy atom. The van der Waals surface area contributed by atoms with Crippen LogP contribution in [0.4, 0.5) is 8.78 Å². The summed E-state index contributed by atoms with van der Waals surface area (Å²) in [6, 6.07) is 2.96. The molecule has 0 heterocycles. The molecule has 0 spiro atoms. The lowest BCUT2D eigenvalue weighted by molar-refractivity contribution is 0.211. The molecule has 0 aliphatic carbocycles. The van der Waals surface area contributed by atoms with Gasteiger partial charge in [-0.2, -0.15) is 0 Å².